The fourth-order valence-electron chi connectivity index (χ4n) is 3.67. The van der Waals surface area contributed by atoms with Gasteiger partial charge in [-0.25, -0.2) is 22.5 Å². The van der Waals surface area contributed by atoms with Crippen molar-refractivity contribution in [1.82, 2.24) is 9.88 Å². The van der Waals surface area contributed by atoms with Crippen molar-refractivity contribution >= 4 is 17.5 Å². The number of pyridine rings is 1. The molecular formula is C15H15ClF4N2O2. The zero-order valence-electron chi connectivity index (χ0n) is 12.5. The number of halogens is 5. The van der Waals surface area contributed by atoms with Crippen molar-refractivity contribution in [2.24, 2.45) is 0 Å². The fraction of sp³-hybridized carbons (Fsp3) is 0.600. The van der Waals surface area contributed by atoms with Gasteiger partial charge >= 0.3 is 0 Å². The average Bonchev–Trinajstić information content (AvgIpc) is 3.07. The van der Waals surface area contributed by atoms with Gasteiger partial charge in [-0.3, -0.25) is 4.79 Å². The van der Waals surface area contributed by atoms with Gasteiger partial charge in [-0.1, -0.05) is 24.4 Å². The van der Waals surface area contributed by atoms with Crippen LogP contribution in [0, 0.1) is 0 Å². The summed E-state index contributed by atoms with van der Waals surface area (Å²) < 4.78 is 53.4. The Bertz CT molecular complexity index is 665. The van der Waals surface area contributed by atoms with Crippen LogP contribution in [-0.4, -0.2) is 45.0 Å². The Labute approximate surface area is 140 Å². The molecule has 1 saturated carbocycles. The number of hydrogen-bond acceptors (Lipinski definition) is 3. The number of aliphatic hydroxyl groups excluding tert-OH is 1. The third kappa shape index (κ3) is 2.56. The van der Waals surface area contributed by atoms with E-state index in [0.29, 0.717) is 12.8 Å². The highest BCUT2D eigenvalue weighted by atomic mass is 35.5. The zero-order chi connectivity index (χ0) is 17.7. The SMILES string of the molecule is O=C(c1ccc(C(F)F)c(Cl)n1)N1CC(F)(F)C(O)C12CCCC2. The van der Waals surface area contributed by atoms with Crippen LogP contribution in [0.2, 0.25) is 5.15 Å². The standard InChI is InChI=1S/C15H15ClF4N2O2/c16-10-8(11(17)18)3-4-9(21-10)12(23)22-7-15(19,20)13(24)14(22)5-1-2-6-14/h3-4,11,13,24H,1-2,5-7H2. The first kappa shape index (κ1) is 17.4. The van der Waals surface area contributed by atoms with E-state index >= 15 is 0 Å². The summed E-state index contributed by atoms with van der Waals surface area (Å²) in [4.78, 5) is 17.2. The van der Waals surface area contributed by atoms with Gasteiger partial charge in [0.25, 0.3) is 18.3 Å². The number of hydrogen-bond donors (Lipinski definition) is 1. The molecule has 0 bridgehead atoms. The van der Waals surface area contributed by atoms with E-state index in [1.807, 2.05) is 0 Å². The Morgan fingerprint density at radius 3 is 2.50 bits per heavy atom. The second kappa shape index (κ2) is 5.84. The Morgan fingerprint density at radius 1 is 1.33 bits per heavy atom. The smallest absolute Gasteiger partial charge is 0.292 e. The van der Waals surface area contributed by atoms with Crippen molar-refractivity contribution in [3.05, 3.63) is 28.5 Å². The normalized spacial score (nSPS) is 25.0. The summed E-state index contributed by atoms with van der Waals surface area (Å²) in [5.74, 6) is -4.26. The molecule has 1 aromatic heterocycles. The van der Waals surface area contributed by atoms with E-state index in [9.17, 15) is 27.5 Å². The highest BCUT2D eigenvalue weighted by Gasteiger charge is 2.64. The van der Waals surface area contributed by atoms with Crippen LogP contribution in [0.4, 0.5) is 17.6 Å². The molecule has 0 radical (unpaired) electrons. The molecule has 3 rings (SSSR count). The Balaban J connectivity index is 1.96. The van der Waals surface area contributed by atoms with Crippen molar-refractivity contribution in [2.75, 3.05) is 6.54 Å². The maximum Gasteiger partial charge on any atom is 0.292 e. The number of rotatable bonds is 2. The van der Waals surface area contributed by atoms with Crippen molar-refractivity contribution < 1.29 is 27.5 Å². The lowest BCUT2D eigenvalue weighted by Gasteiger charge is -2.36. The van der Waals surface area contributed by atoms with Gasteiger partial charge in [0.15, 0.2) is 0 Å². The quantitative estimate of drug-likeness (QED) is 0.644. The number of amides is 1. The summed E-state index contributed by atoms with van der Waals surface area (Å²) in [6.07, 6.45) is -3.04. The number of nitrogens with zero attached hydrogens (tertiary/aromatic N) is 2. The number of alkyl halides is 4. The molecule has 2 heterocycles. The average molecular weight is 367 g/mol. The molecule has 1 aliphatic carbocycles. The molecule has 2 fully saturated rings. The van der Waals surface area contributed by atoms with Crippen molar-refractivity contribution in [3.63, 3.8) is 0 Å². The largest absolute Gasteiger partial charge is 0.384 e. The maximum atomic E-state index is 14.0. The summed E-state index contributed by atoms with van der Waals surface area (Å²) in [6.45, 7) is -0.928. The number of likely N-dealkylation sites (tertiary alicyclic amines) is 1. The minimum absolute atomic E-state index is 0.262. The lowest BCUT2D eigenvalue weighted by Crippen LogP contribution is -2.52. The maximum absolute atomic E-state index is 14.0. The molecule has 1 atom stereocenters. The summed E-state index contributed by atoms with van der Waals surface area (Å²) in [5, 5.41) is 9.52. The van der Waals surface area contributed by atoms with Gasteiger partial charge < -0.3 is 10.0 Å². The first-order chi connectivity index (χ1) is 11.2. The summed E-state index contributed by atoms with van der Waals surface area (Å²) in [5.41, 5.74) is -2.16. The Hall–Kier alpha value is -1.41. The van der Waals surface area contributed by atoms with Crippen molar-refractivity contribution in [2.45, 2.75) is 49.7 Å². The zero-order valence-corrected chi connectivity index (χ0v) is 13.2. The second-order valence-corrected chi connectivity index (χ2v) is 6.60. The van der Waals surface area contributed by atoms with Crippen LogP contribution in [0.25, 0.3) is 0 Å². The van der Waals surface area contributed by atoms with E-state index in [2.05, 4.69) is 4.98 Å². The van der Waals surface area contributed by atoms with Gasteiger partial charge in [-0.2, -0.15) is 0 Å². The monoisotopic (exact) mass is 366 g/mol. The van der Waals surface area contributed by atoms with Crippen LogP contribution in [0.1, 0.15) is 48.2 Å². The lowest BCUT2D eigenvalue weighted by atomic mass is 9.90. The highest BCUT2D eigenvalue weighted by molar-refractivity contribution is 6.30. The molecular weight excluding hydrogens is 352 g/mol. The van der Waals surface area contributed by atoms with Gasteiger partial charge in [0.05, 0.1) is 17.6 Å². The summed E-state index contributed by atoms with van der Waals surface area (Å²) >= 11 is 5.65. The van der Waals surface area contributed by atoms with Crippen LogP contribution >= 0.6 is 11.6 Å². The Kier molecular flexibility index (Phi) is 4.24. The van der Waals surface area contributed by atoms with Crippen LogP contribution in [-0.2, 0) is 0 Å². The molecule has 1 aromatic rings. The van der Waals surface area contributed by atoms with Gasteiger partial charge in [-0.05, 0) is 25.0 Å². The van der Waals surface area contributed by atoms with Gasteiger partial charge in [0, 0.05) is 0 Å². The van der Waals surface area contributed by atoms with E-state index < -0.39 is 47.2 Å². The predicted octanol–water partition coefficient (Wildman–Crippen LogP) is 3.44. The number of aromatic nitrogens is 1. The number of carbonyl (C=O) groups excluding carboxylic acids is 1. The first-order valence-corrected chi connectivity index (χ1v) is 7.89. The van der Waals surface area contributed by atoms with Crippen molar-refractivity contribution in [3.8, 4) is 0 Å². The van der Waals surface area contributed by atoms with Gasteiger partial charge in [-0.15, -0.1) is 0 Å². The molecule has 1 unspecified atom stereocenters. The predicted molar refractivity (Wildman–Crippen MR) is 77.4 cm³/mol. The Morgan fingerprint density at radius 2 is 1.96 bits per heavy atom. The van der Waals surface area contributed by atoms with E-state index in [1.165, 1.54) is 0 Å². The molecule has 132 valence electrons. The van der Waals surface area contributed by atoms with E-state index in [1.54, 1.807) is 0 Å². The van der Waals surface area contributed by atoms with E-state index in [-0.39, 0.29) is 18.5 Å². The molecule has 24 heavy (non-hydrogen) atoms. The molecule has 1 amide bonds. The molecule has 1 saturated heterocycles. The third-order valence-electron chi connectivity index (χ3n) is 4.86. The van der Waals surface area contributed by atoms with Crippen molar-refractivity contribution in [1.29, 1.82) is 0 Å². The summed E-state index contributed by atoms with van der Waals surface area (Å²) in [7, 11) is 0. The second-order valence-electron chi connectivity index (χ2n) is 6.24. The van der Waals surface area contributed by atoms with Crippen LogP contribution < -0.4 is 0 Å². The van der Waals surface area contributed by atoms with Crippen LogP contribution in [0.3, 0.4) is 0 Å². The fourth-order valence-corrected chi connectivity index (χ4v) is 3.90. The van der Waals surface area contributed by atoms with E-state index in [4.69, 9.17) is 11.6 Å². The molecule has 9 heteroatoms. The minimum atomic E-state index is -3.42. The van der Waals surface area contributed by atoms with Gasteiger partial charge in [0.2, 0.25) is 0 Å². The minimum Gasteiger partial charge on any atom is -0.384 e. The molecule has 2 aliphatic rings. The summed E-state index contributed by atoms with van der Waals surface area (Å²) in [6, 6.07) is 2.00. The highest BCUT2D eigenvalue weighted by Crippen LogP contribution is 2.49. The molecule has 1 N–H and O–H groups in total. The number of aliphatic hydroxyl groups is 1. The molecule has 0 aromatic carbocycles. The number of carbonyl (C=O) groups is 1. The van der Waals surface area contributed by atoms with Crippen LogP contribution in [0.5, 0.6) is 0 Å². The molecule has 1 spiro atoms. The van der Waals surface area contributed by atoms with E-state index in [0.717, 1.165) is 17.0 Å². The molecule has 1 aliphatic heterocycles. The first-order valence-electron chi connectivity index (χ1n) is 7.51. The lowest BCUT2D eigenvalue weighted by molar-refractivity contribution is -0.0959. The van der Waals surface area contributed by atoms with Crippen LogP contribution in [0.15, 0.2) is 12.1 Å². The molecule has 4 nitrogen and oxygen atoms in total. The third-order valence-corrected chi connectivity index (χ3v) is 5.16. The van der Waals surface area contributed by atoms with Gasteiger partial charge in [0.1, 0.15) is 17.0 Å². The topological polar surface area (TPSA) is 53.4 Å².